The van der Waals surface area contributed by atoms with Gasteiger partial charge in [0.05, 0.1) is 16.6 Å². The summed E-state index contributed by atoms with van der Waals surface area (Å²) >= 11 is 0. The molecule has 0 saturated carbocycles. The number of carboxylic acids is 1. The van der Waals surface area contributed by atoms with Gasteiger partial charge < -0.3 is 15.2 Å². The van der Waals surface area contributed by atoms with Crippen molar-refractivity contribution in [3.05, 3.63) is 90.0 Å². The normalized spacial score (nSPS) is 11.2. The molecule has 4 rings (SSSR count). The van der Waals surface area contributed by atoms with Crippen molar-refractivity contribution in [2.75, 3.05) is 5.32 Å². The minimum Gasteiger partial charge on any atom is -0.487 e. The number of ether oxygens (including phenoxy) is 1. The molecule has 0 aliphatic rings. The zero-order chi connectivity index (χ0) is 23.6. The minimum absolute atomic E-state index is 0.182. The first-order valence-electron chi connectivity index (χ1n) is 10.5. The molecule has 1 amide bonds. The SMILES string of the molecule is CC(C)(C)Oc1cccc(-c2ccccc2)c1C(=O)Nc1ccc2cc(C(=O)O)ccc2n1. The van der Waals surface area contributed by atoms with Crippen molar-refractivity contribution in [3.63, 3.8) is 0 Å². The van der Waals surface area contributed by atoms with Crippen molar-refractivity contribution < 1.29 is 19.4 Å². The molecule has 0 radical (unpaired) electrons. The summed E-state index contributed by atoms with van der Waals surface area (Å²) in [7, 11) is 0. The number of benzene rings is 3. The number of nitrogens with one attached hydrogen (secondary N) is 1. The lowest BCUT2D eigenvalue weighted by Crippen LogP contribution is -2.25. The highest BCUT2D eigenvalue weighted by molar-refractivity contribution is 6.10. The van der Waals surface area contributed by atoms with Crippen molar-refractivity contribution in [2.45, 2.75) is 26.4 Å². The Balaban J connectivity index is 1.74. The Morgan fingerprint density at radius 3 is 2.36 bits per heavy atom. The Morgan fingerprint density at radius 1 is 0.909 bits per heavy atom. The van der Waals surface area contributed by atoms with Gasteiger partial charge in [-0.25, -0.2) is 9.78 Å². The van der Waals surface area contributed by atoms with E-state index in [0.717, 1.165) is 11.1 Å². The summed E-state index contributed by atoms with van der Waals surface area (Å²) in [5, 5.41) is 12.7. The second kappa shape index (κ2) is 8.74. The van der Waals surface area contributed by atoms with Crippen LogP contribution in [0.1, 0.15) is 41.5 Å². The Kier molecular flexibility index (Phi) is 5.84. The predicted octanol–water partition coefficient (Wildman–Crippen LogP) is 6.03. The Labute approximate surface area is 191 Å². The molecular weight excluding hydrogens is 416 g/mol. The molecule has 6 nitrogen and oxygen atoms in total. The molecule has 4 aromatic rings. The molecule has 0 bridgehead atoms. The van der Waals surface area contributed by atoms with Crippen LogP contribution in [0, 0.1) is 0 Å². The summed E-state index contributed by atoms with van der Waals surface area (Å²) in [5.74, 6) is -0.505. The summed E-state index contributed by atoms with van der Waals surface area (Å²) < 4.78 is 6.12. The van der Waals surface area contributed by atoms with E-state index in [1.807, 2.05) is 63.2 Å². The number of hydrogen-bond acceptors (Lipinski definition) is 4. The molecule has 0 aliphatic heterocycles. The maximum Gasteiger partial charge on any atom is 0.335 e. The molecule has 166 valence electrons. The smallest absolute Gasteiger partial charge is 0.335 e. The first kappa shape index (κ1) is 22.0. The Hall–Kier alpha value is -4.19. The molecule has 0 unspecified atom stereocenters. The highest BCUT2D eigenvalue weighted by Gasteiger charge is 2.23. The van der Waals surface area contributed by atoms with Crippen LogP contribution in [0.3, 0.4) is 0 Å². The number of rotatable bonds is 5. The summed E-state index contributed by atoms with van der Waals surface area (Å²) in [4.78, 5) is 29.2. The molecular formula is C27H24N2O4. The van der Waals surface area contributed by atoms with Crippen molar-refractivity contribution in [1.29, 1.82) is 0 Å². The fourth-order valence-corrected chi connectivity index (χ4v) is 3.55. The van der Waals surface area contributed by atoms with Crippen molar-refractivity contribution >= 4 is 28.6 Å². The van der Waals surface area contributed by atoms with E-state index in [1.54, 1.807) is 30.3 Å². The van der Waals surface area contributed by atoms with Gasteiger partial charge >= 0.3 is 5.97 Å². The molecule has 0 fully saturated rings. The van der Waals surface area contributed by atoms with Crippen LogP contribution >= 0.6 is 0 Å². The molecule has 0 spiro atoms. The van der Waals surface area contributed by atoms with Crippen LogP contribution in [-0.2, 0) is 0 Å². The van der Waals surface area contributed by atoms with Gasteiger partial charge in [0.25, 0.3) is 5.91 Å². The van der Waals surface area contributed by atoms with Gasteiger partial charge in [-0.1, -0.05) is 42.5 Å². The van der Waals surface area contributed by atoms with Crippen LogP contribution in [0.4, 0.5) is 5.82 Å². The van der Waals surface area contributed by atoms with Crippen LogP contribution in [0.25, 0.3) is 22.0 Å². The fraction of sp³-hybridized carbons (Fsp3) is 0.148. The van der Waals surface area contributed by atoms with E-state index < -0.39 is 11.6 Å². The molecule has 1 heterocycles. The zero-order valence-electron chi connectivity index (χ0n) is 18.6. The first-order chi connectivity index (χ1) is 15.7. The maximum absolute atomic E-state index is 13.5. The van der Waals surface area contributed by atoms with E-state index in [1.165, 1.54) is 6.07 Å². The maximum atomic E-state index is 13.5. The number of hydrogen-bond donors (Lipinski definition) is 2. The van der Waals surface area contributed by atoms with E-state index in [-0.39, 0.29) is 11.5 Å². The predicted molar refractivity (Wildman–Crippen MR) is 129 cm³/mol. The molecule has 6 heteroatoms. The summed E-state index contributed by atoms with van der Waals surface area (Å²) in [6.07, 6.45) is 0. The zero-order valence-corrected chi connectivity index (χ0v) is 18.6. The van der Waals surface area contributed by atoms with Crippen LogP contribution in [0.5, 0.6) is 5.75 Å². The number of fused-ring (bicyclic) bond motifs is 1. The number of pyridine rings is 1. The van der Waals surface area contributed by atoms with Crippen molar-refractivity contribution in [3.8, 4) is 16.9 Å². The van der Waals surface area contributed by atoms with Gasteiger partial charge in [0.1, 0.15) is 17.2 Å². The third kappa shape index (κ3) is 5.01. The van der Waals surface area contributed by atoms with Gasteiger partial charge in [0.2, 0.25) is 0 Å². The van der Waals surface area contributed by atoms with E-state index in [2.05, 4.69) is 10.3 Å². The van der Waals surface area contributed by atoms with Crippen molar-refractivity contribution in [2.24, 2.45) is 0 Å². The lowest BCUT2D eigenvalue weighted by molar-refractivity contribution is 0.0696. The van der Waals surface area contributed by atoms with E-state index >= 15 is 0 Å². The molecule has 3 aromatic carbocycles. The number of anilines is 1. The molecule has 0 saturated heterocycles. The summed E-state index contributed by atoms with van der Waals surface area (Å²) in [6, 6.07) is 23.3. The number of carbonyl (C=O) groups excluding carboxylic acids is 1. The number of nitrogens with zero attached hydrogens (tertiary/aromatic N) is 1. The standard InChI is InChI=1S/C27H24N2O4/c1-27(2,3)33-22-11-7-10-20(17-8-5-4-6-9-17)24(22)25(30)29-23-15-13-18-16-19(26(31)32)12-14-21(18)28-23/h4-16H,1-3H3,(H,31,32)(H,28,29,30). The summed E-state index contributed by atoms with van der Waals surface area (Å²) in [6.45, 7) is 5.79. The Bertz CT molecular complexity index is 1340. The first-order valence-corrected chi connectivity index (χ1v) is 10.5. The Morgan fingerprint density at radius 2 is 1.67 bits per heavy atom. The van der Waals surface area contributed by atoms with E-state index in [4.69, 9.17) is 4.74 Å². The van der Waals surface area contributed by atoms with E-state index in [9.17, 15) is 14.7 Å². The molecule has 1 aromatic heterocycles. The van der Waals surface area contributed by atoms with Crippen LogP contribution in [-0.4, -0.2) is 27.6 Å². The van der Waals surface area contributed by atoms with Crippen LogP contribution < -0.4 is 10.1 Å². The second-order valence-corrected chi connectivity index (χ2v) is 8.62. The summed E-state index contributed by atoms with van der Waals surface area (Å²) in [5.41, 5.74) is 2.34. The average Bonchev–Trinajstić information content (AvgIpc) is 2.78. The highest BCUT2D eigenvalue weighted by atomic mass is 16.5. The van der Waals surface area contributed by atoms with Crippen molar-refractivity contribution in [1.82, 2.24) is 4.98 Å². The topological polar surface area (TPSA) is 88.5 Å². The van der Waals surface area contributed by atoms with Gasteiger partial charge in [-0.3, -0.25) is 4.79 Å². The van der Waals surface area contributed by atoms with Crippen LogP contribution in [0.2, 0.25) is 0 Å². The van der Waals surface area contributed by atoms with Gasteiger partial charge in [-0.2, -0.15) is 0 Å². The van der Waals surface area contributed by atoms with Crippen LogP contribution in [0.15, 0.2) is 78.9 Å². The molecule has 33 heavy (non-hydrogen) atoms. The van der Waals surface area contributed by atoms with Gasteiger partial charge in [-0.05, 0) is 68.3 Å². The largest absolute Gasteiger partial charge is 0.487 e. The fourth-order valence-electron chi connectivity index (χ4n) is 3.55. The molecule has 0 aliphatic carbocycles. The lowest BCUT2D eigenvalue weighted by atomic mass is 9.98. The quantitative estimate of drug-likeness (QED) is 0.396. The number of aromatic carboxylic acids is 1. The minimum atomic E-state index is -1.00. The molecule has 0 atom stereocenters. The monoisotopic (exact) mass is 440 g/mol. The third-order valence-corrected chi connectivity index (χ3v) is 4.93. The second-order valence-electron chi connectivity index (χ2n) is 8.62. The molecule has 2 N–H and O–H groups in total. The van der Waals surface area contributed by atoms with Gasteiger partial charge in [0.15, 0.2) is 0 Å². The average molecular weight is 440 g/mol. The van der Waals surface area contributed by atoms with E-state index in [0.29, 0.717) is 28.0 Å². The number of carboxylic acid groups (broad SMARTS) is 1. The number of aromatic nitrogens is 1. The highest BCUT2D eigenvalue weighted by Crippen LogP contribution is 2.33. The number of amides is 1. The number of carbonyl (C=O) groups is 2. The third-order valence-electron chi connectivity index (χ3n) is 4.93. The van der Waals surface area contributed by atoms with Gasteiger partial charge in [-0.15, -0.1) is 0 Å². The van der Waals surface area contributed by atoms with Gasteiger partial charge in [0, 0.05) is 5.39 Å². The lowest BCUT2D eigenvalue weighted by Gasteiger charge is -2.24.